The molecule has 0 bridgehead atoms. The van der Waals surface area contributed by atoms with Gasteiger partial charge in [-0.15, -0.1) is 0 Å². The van der Waals surface area contributed by atoms with Crippen LogP contribution in [0.1, 0.15) is 87.6 Å². The first-order valence-corrected chi connectivity index (χ1v) is 13.3. The van der Waals surface area contributed by atoms with Gasteiger partial charge in [0, 0.05) is 0 Å². The van der Waals surface area contributed by atoms with Crippen LogP contribution in [0.5, 0.6) is 11.5 Å². The lowest BCUT2D eigenvalue weighted by Crippen LogP contribution is -2.08. The fraction of sp³-hybridized carbons (Fsp3) is 0.406. The molecule has 0 aliphatic carbocycles. The minimum atomic E-state index is -0.339. The minimum Gasteiger partial charge on any atom is -0.494 e. The number of hydrogen-bond donors (Lipinski definition) is 0. The molecule has 3 aromatic rings. The molecule has 0 spiro atoms. The number of hydrogen-bond acceptors (Lipinski definition) is 3. The molecule has 0 N–H and O–H groups in total. The summed E-state index contributed by atoms with van der Waals surface area (Å²) in [5.74, 6) is 1.14. The van der Waals surface area contributed by atoms with Gasteiger partial charge in [0.25, 0.3) is 0 Å². The van der Waals surface area contributed by atoms with Crippen molar-refractivity contribution in [3.8, 4) is 22.6 Å². The lowest BCUT2D eigenvalue weighted by molar-refractivity contribution is 0.0734. The first kappa shape index (κ1) is 26.5. The standard InChI is InChI=1S/C32H40O3/c1-3-5-7-8-9-11-25-34-30-23-19-28(20-24-30)27-15-17-29(18-16-27)32(33)35-31-21-13-26(14-22-31)12-10-6-4-2/h13-24H,3-12,25H2,1-2H3. The van der Waals surface area contributed by atoms with E-state index in [-0.39, 0.29) is 5.97 Å². The molecule has 0 saturated carbocycles. The third-order valence-corrected chi connectivity index (χ3v) is 6.28. The van der Waals surface area contributed by atoms with E-state index in [0.717, 1.165) is 36.3 Å². The molecule has 186 valence electrons. The van der Waals surface area contributed by atoms with Crippen molar-refractivity contribution in [2.75, 3.05) is 6.61 Å². The van der Waals surface area contributed by atoms with Gasteiger partial charge < -0.3 is 9.47 Å². The average molecular weight is 473 g/mol. The lowest BCUT2D eigenvalue weighted by Gasteiger charge is -2.09. The molecule has 0 saturated heterocycles. The van der Waals surface area contributed by atoms with Crippen LogP contribution in [0.25, 0.3) is 11.1 Å². The van der Waals surface area contributed by atoms with Gasteiger partial charge >= 0.3 is 5.97 Å². The molecular formula is C32H40O3. The highest BCUT2D eigenvalue weighted by molar-refractivity contribution is 5.91. The largest absolute Gasteiger partial charge is 0.494 e. The molecule has 0 heterocycles. The highest BCUT2D eigenvalue weighted by atomic mass is 16.5. The first-order valence-electron chi connectivity index (χ1n) is 13.3. The van der Waals surface area contributed by atoms with E-state index in [0.29, 0.717) is 11.3 Å². The molecule has 3 rings (SSSR count). The Morgan fingerprint density at radius 2 is 1.14 bits per heavy atom. The molecule has 0 unspecified atom stereocenters. The summed E-state index contributed by atoms with van der Waals surface area (Å²) in [5.41, 5.74) is 3.97. The van der Waals surface area contributed by atoms with Gasteiger partial charge in [-0.05, 0) is 72.4 Å². The van der Waals surface area contributed by atoms with Crippen molar-refractivity contribution in [2.24, 2.45) is 0 Å². The monoisotopic (exact) mass is 472 g/mol. The van der Waals surface area contributed by atoms with Crippen LogP contribution < -0.4 is 9.47 Å². The summed E-state index contributed by atoms with van der Waals surface area (Å²) in [7, 11) is 0. The molecule has 35 heavy (non-hydrogen) atoms. The number of rotatable bonds is 15. The molecule has 0 amide bonds. The smallest absolute Gasteiger partial charge is 0.343 e. The Hall–Kier alpha value is -3.07. The van der Waals surface area contributed by atoms with E-state index >= 15 is 0 Å². The van der Waals surface area contributed by atoms with Gasteiger partial charge in [0.2, 0.25) is 0 Å². The molecule has 0 aliphatic rings. The molecule has 0 aromatic heterocycles. The highest BCUT2D eigenvalue weighted by Crippen LogP contribution is 2.24. The Balaban J connectivity index is 1.46. The van der Waals surface area contributed by atoms with Crippen molar-refractivity contribution in [2.45, 2.75) is 78.1 Å². The van der Waals surface area contributed by atoms with E-state index in [4.69, 9.17) is 9.47 Å². The van der Waals surface area contributed by atoms with Gasteiger partial charge in [0.15, 0.2) is 0 Å². The Labute approximate surface area is 211 Å². The molecule has 3 heteroatoms. The first-order chi connectivity index (χ1) is 17.2. The van der Waals surface area contributed by atoms with Crippen LogP contribution in [-0.4, -0.2) is 12.6 Å². The Morgan fingerprint density at radius 1 is 0.600 bits per heavy atom. The van der Waals surface area contributed by atoms with E-state index in [1.165, 1.54) is 56.9 Å². The van der Waals surface area contributed by atoms with Crippen molar-refractivity contribution in [3.63, 3.8) is 0 Å². The quantitative estimate of drug-likeness (QED) is 0.126. The fourth-order valence-corrected chi connectivity index (χ4v) is 4.08. The van der Waals surface area contributed by atoms with Gasteiger partial charge in [0.05, 0.1) is 12.2 Å². The molecule has 3 nitrogen and oxygen atoms in total. The van der Waals surface area contributed by atoms with E-state index < -0.39 is 0 Å². The predicted molar refractivity (Wildman–Crippen MR) is 145 cm³/mol. The number of carbonyl (C=O) groups excluding carboxylic acids is 1. The van der Waals surface area contributed by atoms with Crippen LogP contribution in [0.4, 0.5) is 0 Å². The maximum atomic E-state index is 12.6. The van der Waals surface area contributed by atoms with Crippen LogP contribution in [0.15, 0.2) is 72.8 Å². The number of aryl methyl sites for hydroxylation is 1. The van der Waals surface area contributed by atoms with Crippen molar-refractivity contribution < 1.29 is 14.3 Å². The minimum absolute atomic E-state index is 0.339. The summed E-state index contributed by atoms with van der Waals surface area (Å²) in [6, 6.07) is 23.6. The number of unbranched alkanes of at least 4 members (excludes halogenated alkanes) is 7. The summed E-state index contributed by atoms with van der Waals surface area (Å²) in [4.78, 5) is 12.6. The van der Waals surface area contributed by atoms with E-state index in [1.807, 2.05) is 60.7 Å². The van der Waals surface area contributed by atoms with Crippen LogP contribution >= 0.6 is 0 Å². The SMILES string of the molecule is CCCCCCCCOc1ccc(-c2ccc(C(=O)Oc3ccc(CCCCC)cc3)cc2)cc1. The summed E-state index contributed by atoms with van der Waals surface area (Å²) in [6.07, 6.45) is 12.3. The summed E-state index contributed by atoms with van der Waals surface area (Å²) in [6.45, 7) is 5.22. The zero-order valence-electron chi connectivity index (χ0n) is 21.4. The second-order valence-corrected chi connectivity index (χ2v) is 9.21. The van der Waals surface area contributed by atoms with Crippen LogP contribution in [0, 0.1) is 0 Å². The van der Waals surface area contributed by atoms with Crippen LogP contribution in [0.2, 0.25) is 0 Å². The number of benzene rings is 3. The third-order valence-electron chi connectivity index (χ3n) is 6.28. The maximum absolute atomic E-state index is 12.6. The highest BCUT2D eigenvalue weighted by Gasteiger charge is 2.09. The predicted octanol–water partition coefficient (Wildman–Crippen LogP) is 9.04. The van der Waals surface area contributed by atoms with Crippen molar-refractivity contribution >= 4 is 5.97 Å². The van der Waals surface area contributed by atoms with Crippen LogP contribution in [0.3, 0.4) is 0 Å². The normalized spacial score (nSPS) is 10.8. The number of ether oxygens (including phenoxy) is 2. The molecule has 0 fully saturated rings. The van der Waals surface area contributed by atoms with Gasteiger partial charge in [-0.3, -0.25) is 0 Å². The Morgan fingerprint density at radius 3 is 1.80 bits per heavy atom. The molecule has 0 aliphatic heterocycles. The molecule has 3 aromatic carbocycles. The lowest BCUT2D eigenvalue weighted by atomic mass is 10.0. The zero-order valence-corrected chi connectivity index (χ0v) is 21.4. The van der Waals surface area contributed by atoms with Crippen molar-refractivity contribution in [1.82, 2.24) is 0 Å². The van der Waals surface area contributed by atoms with Crippen molar-refractivity contribution in [3.05, 3.63) is 83.9 Å². The van der Waals surface area contributed by atoms with Gasteiger partial charge in [0.1, 0.15) is 11.5 Å². The number of esters is 1. The molecule has 0 radical (unpaired) electrons. The summed E-state index contributed by atoms with van der Waals surface area (Å²) < 4.78 is 11.4. The zero-order chi connectivity index (χ0) is 24.7. The Bertz CT molecular complexity index is 988. The summed E-state index contributed by atoms with van der Waals surface area (Å²) >= 11 is 0. The Kier molecular flexibility index (Phi) is 11.4. The summed E-state index contributed by atoms with van der Waals surface area (Å²) in [5, 5.41) is 0. The maximum Gasteiger partial charge on any atom is 0.343 e. The van der Waals surface area contributed by atoms with Gasteiger partial charge in [-0.2, -0.15) is 0 Å². The van der Waals surface area contributed by atoms with E-state index in [2.05, 4.69) is 26.0 Å². The van der Waals surface area contributed by atoms with Crippen LogP contribution in [-0.2, 0) is 6.42 Å². The number of carbonyl (C=O) groups is 1. The van der Waals surface area contributed by atoms with Crippen molar-refractivity contribution in [1.29, 1.82) is 0 Å². The van der Waals surface area contributed by atoms with E-state index in [1.54, 1.807) is 0 Å². The molecular weight excluding hydrogens is 432 g/mol. The van der Waals surface area contributed by atoms with Gasteiger partial charge in [-0.25, -0.2) is 4.79 Å². The second kappa shape index (κ2) is 15.0. The van der Waals surface area contributed by atoms with Gasteiger partial charge in [-0.1, -0.05) is 95.2 Å². The topological polar surface area (TPSA) is 35.5 Å². The fourth-order valence-electron chi connectivity index (χ4n) is 4.08. The second-order valence-electron chi connectivity index (χ2n) is 9.21. The average Bonchev–Trinajstić information content (AvgIpc) is 2.90. The third kappa shape index (κ3) is 9.24. The molecule has 0 atom stereocenters. The van der Waals surface area contributed by atoms with E-state index in [9.17, 15) is 4.79 Å².